The van der Waals surface area contributed by atoms with Crippen molar-refractivity contribution < 1.29 is 8.78 Å². The molecule has 0 spiro atoms. The number of nitrogens with one attached hydrogen (secondary N) is 1. The lowest BCUT2D eigenvalue weighted by atomic mass is 9.79. The number of hydrogen-bond donors (Lipinski definition) is 1. The molecule has 1 aliphatic carbocycles. The van der Waals surface area contributed by atoms with E-state index in [1.54, 1.807) is 0 Å². The monoisotopic (exact) mass is 261 g/mol. The van der Waals surface area contributed by atoms with Gasteiger partial charge in [-0.25, -0.2) is 8.78 Å². The summed E-state index contributed by atoms with van der Waals surface area (Å²) in [4.78, 5) is 0. The minimum atomic E-state index is -2.39. The molecule has 0 radical (unpaired) electrons. The van der Waals surface area contributed by atoms with E-state index < -0.39 is 5.92 Å². The van der Waals surface area contributed by atoms with Crippen LogP contribution in [-0.2, 0) is 0 Å². The van der Waals surface area contributed by atoms with Crippen molar-refractivity contribution in [3.8, 4) is 0 Å². The van der Waals surface area contributed by atoms with Gasteiger partial charge >= 0.3 is 0 Å². The fourth-order valence-corrected chi connectivity index (χ4v) is 2.92. The molecule has 1 atom stereocenters. The van der Waals surface area contributed by atoms with E-state index >= 15 is 0 Å². The molecule has 1 aliphatic rings. The SMILES string of the molecule is CC(C)CNCCC(C)(C)CC1CCC(F)(F)C1. The van der Waals surface area contributed by atoms with Crippen LogP contribution >= 0.6 is 0 Å². The first-order chi connectivity index (χ1) is 8.20. The van der Waals surface area contributed by atoms with E-state index in [-0.39, 0.29) is 24.2 Å². The molecule has 18 heavy (non-hydrogen) atoms. The van der Waals surface area contributed by atoms with Crippen LogP contribution in [0, 0.1) is 17.3 Å². The summed E-state index contributed by atoms with van der Waals surface area (Å²) in [7, 11) is 0. The molecule has 0 aromatic rings. The van der Waals surface area contributed by atoms with Gasteiger partial charge in [-0.05, 0) is 49.6 Å². The minimum Gasteiger partial charge on any atom is -0.316 e. The van der Waals surface area contributed by atoms with Crippen LogP contribution in [0.5, 0.6) is 0 Å². The number of halogens is 2. The quantitative estimate of drug-likeness (QED) is 0.667. The Morgan fingerprint density at radius 1 is 1.33 bits per heavy atom. The maximum absolute atomic E-state index is 13.2. The van der Waals surface area contributed by atoms with Crippen LogP contribution in [0.1, 0.15) is 59.8 Å². The topological polar surface area (TPSA) is 12.0 Å². The third-order valence-corrected chi connectivity index (χ3v) is 3.88. The highest BCUT2D eigenvalue weighted by atomic mass is 19.3. The largest absolute Gasteiger partial charge is 0.316 e. The molecule has 0 heterocycles. The Labute approximate surface area is 111 Å². The lowest BCUT2D eigenvalue weighted by molar-refractivity contribution is 0.00306. The maximum atomic E-state index is 13.2. The summed E-state index contributed by atoms with van der Waals surface area (Å²) in [5, 5.41) is 3.43. The summed E-state index contributed by atoms with van der Waals surface area (Å²) in [6.07, 6.45) is 2.92. The molecule has 0 amide bonds. The molecular weight excluding hydrogens is 232 g/mol. The highest BCUT2D eigenvalue weighted by Gasteiger charge is 2.40. The summed E-state index contributed by atoms with van der Waals surface area (Å²) < 4.78 is 26.3. The van der Waals surface area contributed by atoms with Crippen LogP contribution in [0.25, 0.3) is 0 Å². The lowest BCUT2D eigenvalue weighted by Gasteiger charge is -2.28. The van der Waals surface area contributed by atoms with Gasteiger partial charge in [-0.2, -0.15) is 0 Å². The molecule has 1 saturated carbocycles. The number of hydrogen-bond acceptors (Lipinski definition) is 1. The first-order valence-corrected chi connectivity index (χ1v) is 7.29. The second-order valence-electron chi connectivity index (χ2n) is 7.18. The van der Waals surface area contributed by atoms with E-state index in [4.69, 9.17) is 0 Å². The van der Waals surface area contributed by atoms with Crippen molar-refractivity contribution in [1.29, 1.82) is 0 Å². The van der Waals surface area contributed by atoms with E-state index in [1.165, 1.54) is 0 Å². The van der Waals surface area contributed by atoms with Gasteiger partial charge in [0.15, 0.2) is 0 Å². The van der Waals surface area contributed by atoms with Gasteiger partial charge in [-0.3, -0.25) is 0 Å². The van der Waals surface area contributed by atoms with Crippen molar-refractivity contribution >= 4 is 0 Å². The predicted molar refractivity (Wildman–Crippen MR) is 73.0 cm³/mol. The van der Waals surface area contributed by atoms with E-state index in [9.17, 15) is 8.78 Å². The van der Waals surface area contributed by atoms with Gasteiger partial charge in [0, 0.05) is 12.8 Å². The van der Waals surface area contributed by atoms with E-state index in [0.717, 1.165) is 25.9 Å². The summed E-state index contributed by atoms with van der Waals surface area (Å²) in [5.41, 5.74) is 0.176. The maximum Gasteiger partial charge on any atom is 0.248 e. The molecule has 0 bridgehead atoms. The minimum absolute atomic E-state index is 0.0966. The third-order valence-electron chi connectivity index (χ3n) is 3.88. The Hall–Kier alpha value is -0.180. The highest BCUT2D eigenvalue weighted by Crippen LogP contribution is 2.44. The van der Waals surface area contributed by atoms with Crippen LogP contribution in [0.2, 0.25) is 0 Å². The van der Waals surface area contributed by atoms with E-state index in [2.05, 4.69) is 33.0 Å². The van der Waals surface area contributed by atoms with Crippen molar-refractivity contribution in [2.75, 3.05) is 13.1 Å². The fourth-order valence-electron chi connectivity index (χ4n) is 2.92. The van der Waals surface area contributed by atoms with Crippen molar-refractivity contribution in [1.82, 2.24) is 5.32 Å². The van der Waals surface area contributed by atoms with Crippen molar-refractivity contribution in [2.24, 2.45) is 17.3 Å². The zero-order valence-corrected chi connectivity index (χ0v) is 12.4. The lowest BCUT2D eigenvalue weighted by Crippen LogP contribution is -2.26. The molecular formula is C15H29F2N. The smallest absolute Gasteiger partial charge is 0.248 e. The predicted octanol–water partition coefficient (Wildman–Crippen LogP) is 4.47. The second kappa shape index (κ2) is 6.31. The van der Waals surface area contributed by atoms with Crippen LogP contribution < -0.4 is 5.32 Å². The zero-order chi connectivity index (χ0) is 13.8. The molecule has 3 heteroatoms. The van der Waals surface area contributed by atoms with Gasteiger partial charge in [0.1, 0.15) is 0 Å². The van der Waals surface area contributed by atoms with Crippen molar-refractivity contribution in [2.45, 2.75) is 65.7 Å². The molecule has 0 saturated heterocycles. The van der Waals surface area contributed by atoms with Gasteiger partial charge in [0.25, 0.3) is 0 Å². The average molecular weight is 261 g/mol. The highest BCUT2D eigenvalue weighted by molar-refractivity contribution is 4.85. The molecule has 0 aromatic heterocycles. The molecule has 1 nitrogen and oxygen atoms in total. The molecule has 108 valence electrons. The molecule has 0 aromatic carbocycles. The van der Waals surface area contributed by atoms with E-state index in [0.29, 0.717) is 12.3 Å². The number of alkyl halides is 2. The fraction of sp³-hybridized carbons (Fsp3) is 1.00. The normalized spacial score (nSPS) is 23.8. The second-order valence-corrected chi connectivity index (χ2v) is 7.18. The van der Waals surface area contributed by atoms with Crippen LogP contribution in [0.3, 0.4) is 0 Å². The summed E-state index contributed by atoms with van der Waals surface area (Å²) >= 11 is 0. The molecule has 1 rings (SSSR count). The summed E-state index contributed by atoms with van der Waals surface area (Å²) in [5.74, 6) is -1.50. The Bertz CT molecular complexity index is 249. The average Bonchev–Trinajstić information content (AvgIpc) is 2.52. The number of rotatable bonds is 7. The molecule has 1 N–H and O–H groups in total. The third kappa shape index (κ3) is 6.12. The molecule has 0 aliphatic heterocycles. The van der Waals surface area contributed by atoms with Crippen molar-refractivity contribution in [3.05, 3.63) is 0 Å². The molecule has 1 unspecified atom stereocenters. The standard InChI is InChI=1S/C15H29F2N/c1-12(2)11-18-8-7-14(3,4)9-13-5-6-15(16,17)10-13/h12-13,18H,5-11H2,1-4H3. The van der Waals surface area contributed by atoms with Gasteiger partial charge in [0.05, 0.1) is 0 Å². The van der Waals surface area contributed by atoms with Crippen LogP contribution in [0.4, 0.5) is 8.78 Å². The summed E-state index contributed by atoms with van der Waals surface area (Å²) in [6.45, 7) is 10.8. The van der Waals surface area contributed by atoms with Gasteiger partial charge in [0.2, 0.25) is 5.92 Å². The first-order valence-electron chi connectivity index (χ1n) is 7.29. The Kier molecular flexibility index (Phi) is 5.57. The van der Waals surface area contributed by atoms with Crippen LogP contribution in [0.15, 0.2) is 0 Å². The molecule has 1 fully saturated rings. The van der Waals surface area contributed by atoms with Crippen molar-refractivity contribution in [3.63, 3.8) is 0 Å². The van der Waals surface area contributed by atoms with E-state index in [1.807, 2.05) is 0 Å². The Morgan fingerprint density at radius 2 is 2.00 bits per heavy atom. The van der Waals surface area contributed by atoms with Gasteiger partial charge < -0.3 is 5.32 Å². The Balaban J connectivity index is 2.23. The van der Waals surface area contributed by atoms with Gasteiger partial charge in [-0.1, -0.05) is 27.7 Å². The zero-order valence-electron chi connectivity index (χ0n) is 12.4. The Morgan fingerprint density at radius 3 is 2.50 bits per heavy atom. The summed E-state index contributed by atoms with van der Waals surface area (Å²) in [6, 6.07) is 0. The van der Waals surface area contributed by atoms with Crippen LogP contribution in [-0.4, -0.2) is 19.0 Å². The first kappa shape index (κ1) is 15.9. The van der Waals surface area contributed by atoms with Gasteiger partial charge in [-0.15, -0.1) is 0 Å².